The van der Waals surface area contributed by atoms with E-state index in [1.807, 2.05) is 13.0 Å². The minimum Gasteiger partial charge on any atom is -0.478 e. The van der Waals surface area contributed by atoms with Gasteiger partial charge in [-0.2, -0.15) is 5.10 Å². The maximum atomic E-state index is 13.3. The van der Waals surface area contributed by atoms with Crippen LogP contribution < -0.4 is 5.56 Å². The quantitative estimate of drug-likeness (QED) is 0.502. The van der Waals surface area contributed by atoms with Crippen molar-refractivity contribution in [2.45, 2.75) is 19.9 Å². The molecule has 32 heavy (non-hydrogen) atoms. The molecule has 1 aliphatic heterocycles. The molecule has 3 heterocycles. The monoisotopic (exact) mass is 450 g/mol. The number of benzene rings is 2. The lowest BCUT2D eigenvalue weighted by molar-refractivity contribution is 0.0697. The molecule has 160 valence electrons. The van der Waals surface area contributed by atoms with Crippen LogP contribution in [0.4, 0.5) is 4.39 Å². The molecule has 1 N–H and O–H groups in total. The molecule has 0 fully saturated rings. The van der Waals surface area contributed by atoms with Crippen LogP contribution in [-0.4, -0.2) is 30.4 Å². The zero-order valence-electron chi connectivity index (χ0n) is 16.8. The Morgan fingerprint density at radius 1 is 1.22 bits per heavy atom. The van der Waals surface area contributed by atoms with Crippen molar-refractivity contribution in [3.8, 4) is 5.69 Å². The molecular formula is C23H16ClFN4O3. The fraction of sp³-hybridized carbons (Fsp3) is 0.130. The molecule has 0 spiro atoms. The van der Waals surface area contributed by atoms with E-state index in [1.165, 1.54) is 35.0 Å². The van der Waals surface area contributed by atoms with Gasteiger partial charge in [-0.25, -0.2) is 18.9 Å². The molecule has 0 unspecified atom stereocenters. The van der Waals surface area contributed by atoms with Gasteiger partial charge in [0.15, 0.2) is 0 Å². The van der Waals surface area contributed by atoms with Crippen LogP contribution in [0.3, 0.4) is 0 Å². The number of halogens is 2. The fourth-order valence-corrected chi connectivity index (χ4v) is 4.22. The molecule has 5 rings (SSSR count). The third-order valence-corrected chi connectivity index (χ3v) is 5.90. The highest BCUT2D eigenvalue weighted by Gasteiger charge is 2.23. The predicted molar refractivity (Wildman–Crippen MR) is 119 cm³/mol. The van der Waals surface area contributed by atoms with Crippen molar-refractivity contribution < 1.29 is 14.3 Å². The number of aromatic nitrogens is 4. The van der Waals surface area contributed by atoms with Crippen LogP contribution in [-0.2, 0) is 6.54 Å². The summed E-state index contributed by atoms with van der Waals surface area (Å²) in [5.41, 5.74) is 2.95. The van der Waals surface area contributed by atoms with Crippen LogP contribution in [0.25, 0.3) is 28.2 Å². The number of aromatic carboxylic acids is 1. The summed E-state index contributed by atoms with van der Waals surface area (Å²) in [5, 5.41) is 14.5. The number of carboxylic acids is 1. The van der Waals surface area contributed by atoms with Crippen molar-refractivity contribution in [2.24, 2.45) is 0 Å². The fourth-order valence-electron chi connectivity index (χ4n) is 3.89. The van der Waals surface area contributed by atoms with E-state index in [0.717, 1.165) is 5.57 Å². The number of fused-ring (bicyclic) bond motifs is 2. The standard InChI is InChI=1S/C23H16ClFN4O3/c1-12-18(20(24)29(27-12)16-5-3-15(25)4-6-16)10-13-8-9-28-21(13)26-19-11-14(23(31)32)2-7-17(19)22(28)30/h2-7,10-11H,8-9H2,1H3,(H,31,32). The lowest BCUT2D eigenvalue weighted by Gasteiger charge is -2.06. The van der Waals surface area contributed by atoms with Gasteiger partial charge in [0.05, 0.1) is 27.8 Å². The summed E-state index contributed by atoms with van der Waals surface area (Å²) in [6.45, 7) is 2.28. The second kappa shape index (κ2) is 7.42. The average molecular weight is 451 g/mol. The first-order valence-corrected chi connectivity index (χ1v) is 10.2. The molecule has 4 aromatic rings. The van der Waals surface area contributed by atoms with Gasteiger partial charge in [-0.05, 0) is 67.5 Å². The molecule has 0 saturated heterocycles. The van der Waals surface area contributed by atoms with Crippen molar-refractivity contribution in [1.29, 1.82) is 0 Å². The molecule has 9 heteroatoms. The molecule has 0 atom stereocenters. The Balaban J connectivity index is 1.63. The second-order valence-electron chi connectivity index (χ2n) is 7.53. The Morgan fingerprint density at radius 3 is 2.69 bits per heavy atom. The first-order valence-electron chi connectivity index (χ1n) is 9.83. The van der Waals surface area contributed by atoms with Crippen molar-refractivity contribution in [2.75, 3.05) is 0 Å². The van der Waals surface area contributed by atoms with Crippen molar-refractivity contribution in [3.05, 3.63) is 86.4 Å². The van der Waals surface area contributed by atoms with Crippen molar-refractivity contribution >= 4 is 40.1 Å². The van der Waals surface area contributed by atoms with Crippen LogP contribution in [0.15, 0.2) is 47.3 Å². The number of carbonyl (C=O) groups is 1. The van der Waals surface area contributed by atoms with Crippen LogP contribution in [0.2, 0.25) is 5.15 Å². The largest absolute Gasteiger partial charge is 0.478 e. The molecular weight excluding hydrogens is 435 g/mol. The molecule has 0 saturated carbocycles. The normalized spacial score (nSPS) is 14.3. The zero-order chi connectivity index (χ0) is 22.6. The molecule has 0 aliphatic carbocycles. The van der Waals surface area contributed by atoms with Gasteiger partial charge >= 0.3 is 5.97 Å². The first-order chi connectivity index (χ1) is 15.3. The number of allylic oxidation sites excluding steroid dienone is 1. The highest BCUT2D eigenvalue weighted by atomic mass is 35.5. The second-order valence-corrected chi connectivity index (χ2v) is 7.88. The lowest BCUT2D eigenvalue weighted by Crippen LogP contribution is -2.21. The highest BCUT2D eigenvalue weighted by Crippen LogP contribution is 2.32. The number of hydrogen-bond donors (Lipinski definition) is 1. The van der Waals surface area contributed by atoms with Crippen LogP contribution >= 0.6 is 11.6 Å². The van der Waals surface area contributed by atoms with Gasteiger partial charge in [-0.1, -0.05) is 11.6 Å². The van der Waals surface area contributed by atoms with Gasteiger partial charge in [-0.15, -0.1) is 0 Å². The summed E-state index contributed by atoms with van der Waals surface area (Å²) >= 11 is 6.60. The van der Waals surface area contributed by atoms with E-state index in [2.05, 4.69) is 10.1 Å². The Labute approximate surface area is 186 Å². The van der Waals surface area contributed by atoms with Gasteiger partial charge in [0.1, 0.15) is 16.8 Å². The Kier molecular flexibility index (Phi) is 4.67. The maximum Gasteiger partial charge on any atom is 0.335 e. The molecule has 7 nitrogen and oxygen atoms in total. The van der Waals surface area contributed by atoms with Gasteiger partial charge < -0.3 is 5.11 Å². The van der Waals surface area contributed by atoms with Gasteiger partial charge in [0, 0.05) is 12.1 Å². The summed E-state index contributed by atoms with van der Waals surface area (Å²) in [5.74, 6) is -0.954. The highest BCUT2D eigenvalue weighted by molar-refractivity contribution is 6.31. The van der Waals surface area contributed by atoms with Crippen molar-refractivity contribution in [1.82, 2.24) is 19.3 Å². The van der Waals surface area contributed by atoms with E-state index in [-0.39, 0.29) is 16.9 Å². The third-order valence-electron chi connectivity index (χ3n) is 5.53. The average Bonchev–Trinajstić information content (AvgIpc) is 3.30. The summed E-state index contributed by atoms with van der Waals surface area (Å²) in [4.78, 5) is 28.8. The first kappa shape index (κ1) is 20.1. The molecule has 2 aromatic heterocycles. The van der Waals surface area contributed by atoms with E-state index in [9.17, 15) is 19.1 Å². The van der Waals surface area contributed by atoms with Crippen LogP contribution in [0.1, 0.15) is 33.9 Å². The van der Waals surface area contributed by atoms with E-state index < -0.39 is 5.97 Å². The van der Waals surface area contributed by atoms with E-state index in [4.69, 9.17) is 11.6 Å². The topological polar surface area (TPSA) is 90.0 Å². The Hall–Kier alpha value is -3.78. The molecule has 0 amide bonds. The smallest absolute Gasteiger partial charge is 0.335 e. The number of aryl methyl sites for hydroxylation is 1. The van der Waals surface area contributed by atoms with Crippen molar-refractivity contribution in [3.63, 3.8) is 0 Å². The predicted octanol–water partition coefficient (Wildman–Crippen LogP) is 4.33. The zero-order valence-corrected chi connectivity index (χ0v) is 17.6. The number of rotatable bonds is 3. The SMILES string of the molecule is Cc1nn(-c2ccc(F)cc2)c(Cl)c1C=C1CCn2c1nc1cc(C(=O)O)ccc1c2=O. The summed E-state index contributed by atoms with van der Waals surface area (Å²) < 4.78 is 16.4. The van der Waals surface area contributed by atoms with E-state index >= 15 is 0 Å². The number of carboxylic acid groups (broad SMARTS) is 1. The van der Waals surface area contributed by atoms with Crippen LogP contribution in [0, 0.1) is 12.7 Å². The third kappa shape index (κ3) is 3.20. The number of nitrogens with zero attached hydrogens (tertiary/aromatic N) is 4. The van der Waals surface area contributed by atoms with Gasteiger partial charge in [-0.3, -0.25) is 9.36 Å². The summed E-state index contributed by atoms with van der Waals surface area (Å²) in [7, 11) is 0. The lowest BCUT2D eigenvalue weighted by atomic mass is 10.1. The van der Waals surface area contributed by atoms with E-state index in [1.54, 1.807) is 16.7 Å². The van der Waals surface area contributed by atoms with Gasteiger partial charge in [0.2, 0.25) is 0 Å². The Bertz CT molecular complexity index is 1500. The summed E-state index contributed by atoms with van der Waals surface area (Å²) in [6.07, 6.45) is 2.42. The summed E-state index contributed by atoms with van der Waals surface area (Å²) in [6, 6.07) is 10.1. The van der Waals surface area contributed by atoms with Crippen LogP contribution in [0.5, 0.6) is 0 Å². The minimum atomic E-state index is -1.08. The minimum absolute atomic E-state index is 0.0670. The number of hydrogen-bond acceptors (Lipinski definition) is 4. The molecule has 1 aliphatic rings. The van der Waals surface area contributed by atoms with Gasteiger partial charge in [0.25, 0.3) is 5.56 Å². The molecule has 0 radical (unpaired) electrons. The molecule has 2 aromatic carbocycles. The Morgan fingerprint density at radius 2 is 1.97 bits per heavy atom. The molecule has 0 bridgehead atoms. The van der Waals surface area contributed by atoms with E-state index in [0.29, 0.717) is 51.8 Å². The maximum absolute atomic E-state index is 13.3.